The van der Waals surface area contributed by atoms with Crippen LogP contribution >= 0.6 is 0 Å². The van der Waals surface area contributed by atoms with Gasteiger partial charge in [0.15, 0.2) is 0 Å². The smallest absolute Gasteiger partial charge is 0.119 e. The summed E-state index contributed by atoms with van der Waals surface area (Å²) in [6, 6.07) is 17.5. The average Bonchev–Trinajstić information content (AvgIpc) is 2.76. The molecule has 0 bridgehead atoms. The lowest BCUT2D eigenvalue weighted by Gasteiger charge is -2.31. The van der Waals surface area contributed by atoms with Gasteiger partial charge < -0.3 is 4.74 Å². The summed E-state index contributed by atoms with van der Waals surface area (Å²) in [5, 5.41) is 19.9. The minimum absolute atomic E-state index is 0.568. The topological polar surface area (TPSA) is 56.8 Å². The van der Waals surface area contributed by atoms with Crippen LogP contribution in [0, 0.1) is 29.6 Å². The van der Waals surface area contributed by atoms with Crippen molar-refractivity contribution in [1.82, 2.24) is 0 Å². The molecule has 0 fully saturated rings. The van der Waals surface area contributed by atoms with Crippen LogP contribution in [0.3, 0.4) is 0 Å². The van der Waals surface area contributed by atoms with E-state index in [-0.39, 0.29) is 0 Å². The first-order valence-electron chi connectivity index (χ1n) is 9.95. The molecule has 2 aliphatic rings. The van der Waals surface area contributed by atoms with Gasteiger partial charge in [0, 0.05) is 0 Å². The van der Waals surface area contributed by atoms with Gasteiger partial charge in [-0.05, 0) is 89.2 Å². The molecule has 140 valence electrons. The highest BCUT2D eigenvalue weighted by Crippen LogP contribution is 2.49. The van der Waals surface area contributed by atoms with Crippen molar-refractivity contribution in [3.63, 3.8) is 0 Å². The number of rotatable bonds is 1. The fourth-order valence-corrected chi connectivity index (χ4v) is 5.04. The van der Waals surface area contributed by atoms with Crippen molar-refractivity contribution >= 4 is 0 Å². The highest BCUT2D eigenvalue weighted by atomic mass is 16.5. The van der Waals surface area contributed by atoms with Crippen LogP contribution in [0.15, 0.2) is 36.4 Å². The molecule has 2 aliphatic carbocycles. The number of hydrogen-bond donors (Lipinski definition) is 0. The van der Waals surface area contributed by atoms with Gasteiger partial charge in [0.25, 0.3) is 0 Å². The van der Waals surface area contributed by atoms with Crippen molar-refractivity contribution in [2.75, 3.05) is 7.11 Å². The Hall–Kier alpha value is -3.56. The Bertz CT molecular complexity index is 1270. The van der Waals surface area contributed by atoms with Crippen LogP contribution in [0.4, 0.5) is 0 Å². The Morgan fingerprint density at radius 2 is 1.31 bits per heavy atom. The molecule has 0 heterocycles. The number of aryl methyl sites for hydroxylation is 3. The molecule has 0 unspecified atom stereocenters. The zero-order chi connectivity index (χ0) is 20.1. The summed E-state index contributed by atoms with van der Waals surface area (Å²) in [6.07, 6.45) is 3.31. The fraction of sp³-hybridized carbons (Fsp3) is 0.231. The molecule has 0 aliphatic heterocycles. The van der Waals surface area contributed by atoms with Crippen LogP contribution in [0.1, 0.15) is 38.9 Å². The number of nitrogens with zero attached hydrogens (tertiary/aromatic N) is 2. The van der Waals surface area contributed by atoms with Gasteiger partial charge in [-0.25, -0.2) is 0 Å². The van der Waals surface area contributed by atoms with Gasteiger partial charge in [-0.2, -0.15) is 10.5 Å². The molecule has 0 N–H and O–H groups in total. The van der Waals surface area contributed by atoms with E-state index >= 15 is 0 Å². The summed E-state index contributed by atoms with van der Waals surface area (Å²) in [4.78, 5) is 0. The van der Waals surface area contributed by atoms with E-state index in [1.165, 1.54) is 22.3 Å². The van der Waals surface area contributed by atoms with Crippen LogP contribution in [0.2, 0.25) is 0 Å². The second kappa shape index (κ2) is 6.50. The van der Waals surface area contributed by atoms with Crippen LogP contribution < -0.4 is 4.74 Å². The molecule has 5 rings (SSSR count). The van der Waals surface area contributed by atoms with Crippen molar-refractivity contribution < 1.29 is 4.74 Å². The highest BCUT2D eigenvalue weighted by molar-refractivity contribution is 5.95. The predicted molar refractivity (Wildman–Crippen MR) is 113 cm³/mol. The summed E-state index contributed by atoms with van der Waals surface area (Å²) >= 11 is 0. The van der Waals surface area contributed by atoms with Crippen molar-refractivity contribution in [2.24, 2.45) is 0 Å². The summed E-state index contributed by atoms with van der Waals surface area (Å²) in [7, 11) is 1.69. The quantitative estimate of drug-likeness (QED) is 0.581. The number of methoxy groups -OCH3 is 1. The molecule has 0 aromatic heterocycles. The normalized spacial score (nSPS) is 13.2. The molecule has 3 nitrogen and oxygen atoms in total. The zero-order valence-corrected chi connectivity index (χ0v) is 16.6. The number of fused-ring (bicyclic) bond motifs is 7. The first-order valence-corrected chi connectivity index (χ1v) is 9.95. The zero-order valence-electron chi connectivity index (χ0n) is 16.6. The Kier molecular flexibility index (Phi) is 3.93. The highest BCUT2D eigenvalue weighted by Gasteiger charge is 2.31. The van der Waals surface area contributed by atoms with Gasteiger partial charge in [0.05, 0.1) is 18.2 Å². The van der Waals surface area contributed by atoms with E-state index in [0.29, 0.717) is 11.1 Å². The van der Waals surface area contributed by atoms with Crippen LogP contribution in [0.5, 0.6) is 5.75 Å². The Morgan fingerprint density at radius 1 is 0.759 bits per heavy atom. The second-order valence-corrected chi connectivity index (χ2v) is 7.86. The van der Waals surface area contributed by atoms with E-state index < -0.39 is 0 Å². The van der Waals surface area contributed by atoms with E-state index in [2.05, 4.69) is 49.4 Å². The monoisotopic (exact) mass is 376 g/mol. The standard InChI is InChI=1S/C26H20N2O/c1-15-3-7-19-16(11-15)4-8-21-23(13-27)24(14-28)22-9-5-17-12-18(29-2)6-10-20(17)26(22)25(19)21/h3,6-7,10-12H,4-5,8-9H2,1-2H3. The number of benzene rings is 3. The van der Waals surface area contributed by atoms with Gasteiger partial charge >= 0.3 is 0 Å². The molecule has 0 spiro atoms. The van der Waals surface area contributed by atoms with Gasteiger partial charge in [-0.3, -0.25) is 0 Å². The second-order valence-electron chi connectivity index (χ2n) is 7.86. The van der Waals surface area contributed by atoms with E-state index in [0.717, 1.165) is 59.3 Å². The molecule has 29 heavy (non-hydrogen) atoms. The van der Waals surface area contributed by atoms with E-state index in [1.807, 2.05) is 6.07 Å². The Labute approximate surface area is 170 Å². The maximum absolute atomic E-state index is 9.95. The molecule has 3 aromatic carbocycles. The molecular formula is C26H20N2O. The van der Waals surface area contributed by atoms with Crippen molar-refractivity contribution in [1.29, 1.82) is 10.5 Å². The molecule has 0 radical (unpaired) electrons. The molecule has 3 heteroatoms. The van der Waals surface area contributed by atoms with Crippen LogP contribution in [0.25, 0.3) is 22.3 Å². The minimum atomic E-state index is 0.568. The molecular weight excluding hydrogens is 356 g/mol. The number of hydrogen-bond acceptors (Lipinski definition) is 3. The largest absolute Gasteiger partial charge is 0.497 e. The molecule has 3 aromatic rings. The average molecular weight is 376 g/mol. The number of ether oxygens (including phenoxy) is 1. The third-order valence-corrected chi connectivity index (χ3v) is 6.33. The Morgan fingerprint density at radius 3 is 1.86 bits per heavy atom. The predicted octanol–water partition coefficient (Wildman–Crippen LogP) is 5.28. The molecule has 0 amide bonds. The summed E-state index contributed by atoms with van der Waals surface area (Å²) in [5.41, 5.74) is 11.7. The lowest BCUT2D eigenvalue weighted by atomic mass is 9.72. The summed E-state index contributed by atoms with van der Waals surface area (Å²) in [6.45, 7) is 2.12. The Balaban J connectivity index is 1.93. The van der Waals surface area contributed by atoms with Gasteiger partial charge in [0.2, 0.25) is 0 Å². The summed E-state index contributed by atoms with van der Waals surface area (Å²) < 4.78 is 5.44. The third kappa shape index (κ3) is 2.48. The molecule has 0 saturated heterocycles. The maximum atomic E-state index is 9.95. The SMILES string of the molecule is COc1ccc2c(c1)CCc1c(C#N)c(C#N)c3c(c1-2)-c1ccc(C)cc1CC3. The summed E-state index contributed by atoms with van der Waals surface area (Å²) in [5.74, 6) is 0.853. The fourth-order valence-electron chi connectivity index (χ4n) is 5.04. The van der Waals surface area contributed by atoms with E-state index in [4.69, 9.17) is 4.74 Å². The lowest BCUT2D eigenvalue weighted by Crippen LogP contribution is -2.15. The van der Waals surface area contributed by atoms with Gasteiger partial charge in [-0.15, -0.1) is 0 Å². The van der Waals surface area contributed by atoms with Crippen molar-refractivity contribution in [2.45, 2.75) is 32.6 Å². The minimum Gasteiger partial charge on any atom is -0.497 e. The third-order valence-electron chi connectivity index (χ3n) is 6.33. The van der Waals surface area contributed by atoms with E-state index in [9.17, 15) is 10.5 Å². The lowest BCUT2D eigenvalue weighted by molar-refractivity contribution is 0.414. The maximum Gasteiger partial charge on any atom is 0.119 e. The van der Waals surface area contributed by atoms with Crippen molar-refractivity contribution in [3.8, 4) is 40.1 Å². The molecule has 0 saturated carbocycles. The number of nitriles is 2. The van der Waals surface area contributed by atoms with Crippen LogP contribution in [-0.4, -0.2) is 7.11 Å². The molecule has 0 atom stereocenters. The first-order chi connectivity index (χ1) is 14.2. The van der Waals surface area contributed by atoms with Crippen LogP contribution in [-0.2, 0) is 25.7 Å². The van der Waals surface area contributed by atoms with Crippen molar-refractivity contribution in [3.05, 3.63) is 75.3 Å². The van der Waals surface area contributed by atoms with Gasteiger partial charge in [0.1, 0.15) is 17.9 Å². The first kappa shape index (κ1) is 17.5. The van der Waals surface area contributed by atoms with E-state index in [1.54, 1.807) is 7.11 Å². The van der Waals surface area contributed by atoms with Gasteiger partial charge in [-0.1, -0.05) is 29.8 Å².